The first kappa shape index (κ1) is 9.01. The fourth-order valence-corrected chi connectivity index (χ4v) is 2.49. The van der Waals surface area contributed by atoms with Gasteiger partial charge in [-0.15, -0.1) is 17.9 Å². The fraction of sp³-hybridized carbons (Fsp3) is 0.333. The van der Waals surface area contributed by atoms with Crippen LogP contribution in [0.4, 0.5) is 0 Å². The zero-order chi connectivity index (χ0) is 8.27. The van der Waals surface area contributed by atoms with E-state index < -0.39 is 0 Å². The van der Waals surface area contributed by atoms with Gasteiger partial charge in [0, 0.05) is 4.88 Å². The van der Waals surface area contributed by atoms with Crippen molar-refractivity contribution < 1.29 is 0 Å². The van der Waals surface area contributed by atoms with Gasteiger partial charge in [-0.05, 0) is 40.4 Å². The summed E-state index contributed by atoms with van der Waals surface area (Å²) in [4.78, 5) is 1.42. The fourth-order valence-electron chi connectivity index (χ4n) is 0.862. The third kappa shape index (κ3) is 2.80. The van der Waals surface area contributed by atoms with Gasteiger partial charge < -0.3 is 0 Å². The largest absolute Gasteiger partial charge is 0.133 e. The Bertz CT molecular complexity index is 239. The summed E-state index contributed by atoms with van der Waals surface area (Å²) in [5, 5.41) is 0. The van der Waals surface area contributed by atoms with E-state index in [2.05, 4.69) is 41.6 Å². The Labute approximate surface area is 80.1 Å². The van der Waals surface area contributed by atoms with Crippen LogP contribution in [-0.4, -0.2) is 0 Å². The molecule has 1 rings (SSSR count). The third-order valence-corrected chi connectivity index (χ3v) is 3.20. The molecule has 0 fully saturated rings. The number of allylic oxidation sites excluding steroid dienone is 1. The molecule has 0 N–H and O–H groups in total. The summed E-state index contributed by atoms with van der Waals surface area (Å²) in [5.74, 6) is 0.584. The lowest BCUT2D eigenvalue weighted by atomic mass is 10.1. The molecule has 1 unspecified atom stereocenters. The normalized spacial score (nSPS) is 12.9. The molecule has 11 heavy (non-hydrogen) atoms. The maximum Gasteiger partial charge on any atom is 0.0701 e. The van der Waals surface area contributed by atoms with Crippen LogP contribution in [0.2, 0.25) is 0 Å². The minimum absolute atomic E-state index is 0.584. The van der Waals surface area contributed by atoms with Crippen LogP contribution in [0.25, 0.3) is 0 Å². The van der Waals surface area contributed by atoms with Crippen molar-refractivity contribution in [1.29, 1.82) is 0 Å². The van der Waals surface area contributed by atoms with Gasteiger partial charge in [-0.1, -0.05) is 13.0 Å². The molecule has 0 aliphatic carbocycles. The van der Waals surface area contributed by atoms with Crippen molar-refractivity contribution in [3.8, 4) is 0 Å². The molecule has 1 atom stereocenters. The van der Waals surface area contributed by atoms with Crippen LogP contribution in [0, 0.1) is 5.92 Å². The standard InChI is InChI=1S/C9H11BrS/c1-3-7(2)6-8-4-5-9(10)11-8/h3-5,7H,1,6H2,2H3. The number of hydrogen-bond donors (Lipinski definition) is 0. The van der Waals surface area contributed by atoms with Gasteiger partial charge in [0.25, 0.3) is 0 Å². The second-order valence-corrected chi connectivity index (χ2v) is 5.17. The molecule has 0 amide bonds. The SMILES string of the molecule is C=CC(C)Cc1ccc(Br)s1. The van der Waals surface area contributed by atoms with Crippen molar-refractivity contribution in [1.82, 2.24) is 0 Å². The first-order valence-corrected chi connectivity index (χ1v) is 5.20. The number of halogens is 1. The van der Waals surface area contributed by atoms with Gasteiger partial charge in [0.15, 0.2) is 0 Å². The molecule has 0 aliphatic rings. The van der Waals surface area contributed by atoms with E-state index >= 15 is 0 Å². The molecule has 1 heterocycles. The molecule has 0 radical (unpaired) electrons. The van der Waals surface area contributed by atoms with E-state index in [1.807, 2.05) is 6.08 Å². The second kappa shape index (κ2) is 4.07. The van der Waals surface area contributed by atoms with E-state index in [-0.39, 0.29) is 0 Å². The summed E-state index contributed by atoms with van der Waals surface area (Å²) < 4.78 is 1.21. The van der Waals surface area contributed by atoms with E-state index in [0.29, 0.717) is 5.92 Å². The van der Waals surface area contributed by atoms with Crippen molar-refractivity contribution in [2.45, 2.75) is 13.3 Å². The summed E-state index contributed by atoms with van der Waals surface area (Å²) in [5.41, 5.74) is 0. The Kier molecular flexibility index (Phi) is 3.34. The van der Waals surface area contributed by atoms with Crippen LogP contribution >= 0.6 is 27.3 Å². The second-order valence-electron chi connectivity index (χ2n) is 2.62. The molecule has 0 saturated carbocycles. The minimum Gasteiger partial charge on any atom is -0.133 e. The molecule has 0 bridgehead atoms. The summed E-state index contributed by atoms with van der Waals surface area (Å²) in [6, 6.07) is 4.25. The lowest BCUT2D eigenvalue weighted by molar-refractivity contribution is 0.735. The molecular weight excluding hydrogens is 220 g/mol. The number of thiophene rings is 1. The monoisotopic (exact) mass is 230 g/mol. The van der Waals surface area contributed by atoms with Crippen LogP contribution in [0.15, 0.2) is 28.6 Å². The maximum absolute atomic E-state index is 3.76. The lowest BCUT2D eigenvalue weighted by Gasteiger charge is -2.00. The maximum atomic E-state index is 3.76. The Hall–Kier alpha value is -0.0800. The van der Waals surface area contributed by atoms with Crippen LogP contribution in [-0.2, 0) is 6.42 Å². The van der Waals surface area contributed by atoms with E-state index in [4.69, 9.17) is 0 Å². The molecule has 1 aromatic rings. The third-order valence-electron chi connectivity index (χ3n) is 1.55. The van der Waals surface area contributed by atoms with E-state index in [0.717, 1.165) is 6.42 Å². The molecule has 0 saturated heterocycles. The average Bonchev–Trinajstić information content (AvgIpc) is 2.35. The van der Waals surface area contributed by atoms with Crippen molar-refractivity contribution in [3.63, 3.8) is 0 Å². The molecule has 0 aromatic carbocycles. The molecule has 2 heteroatoms. The average molecular weight is 231 g/mol. The van der Waals surface area contributed by atoms with Crippen molar-refractivity contribution in [2.75, 3.05) is 0 Å². The topological polar surface area (TPSA) is 0 Å². The summed E-state index contributed by atoms with van der Waals surface area (Å²) >= 11 is 5.24. The lowest BCUT2D eigenvalue weighted by Crippen LogP contribution is -1.91. The van der Waals surface area contributed by atoms with Gasteiger partial charge in [0.05, 0.1) is 3.79 Å². The molecule has 0 spiro atoms. The molecule has 60 valence electrons. The van der Waals surface area contributed by atoms with Crippen molar-refractivity contribution >= 4 is 27.3 Å². The van der Waals surface area contributed by atoms with Crippen LogP contribution in [0.1, 0.15) is 11.8 Å². The highest BCUT2D eigenvalue weighted by Gasteiger charge is 2.01. The van der Waals surface area contributed by atoms with E-state index in [9.17, 15) is 0 Å². The number of rotatable bonds is 3. The van der Waals surface area contributed by atoms with Crippen LogP contribution < -0.4 is 0 Å². The summed E-state index contributed by atoms with van der Waals surface area (Å²) in [7, 11) is 0. The summed E-state index contributed by atoms with van der Waals surface area (Å²) in [6.45, 7) is 5.94. The molecular formula is C9H11BrS. The molecule has 0 nitrogen and oxygen atoms in total. The predicted octanol–water partition coefficient (Wildman–Crippen LogP) is 3.88. The predicted molar refractivity (Wildman–Crippen MR) is 55.1 cm³/mol. The highest BCUT2D eigenvalue weighted by Crippen LogP contribution is 2.24. The highest BCUT2D eigenvalue weighted by molar-refractivity contribution is 9.11. The zero-order valence-corrected chi connectivity index (χ0v) is 8.91. The minimum atomic E-state index is 0.584. The highest BCUT2D eigenvalue weighted by atomic mass is 79.9. The Morgan fingerprint density at radius 1 is 1.73 bits per heavy atom. The summed E-state index contributed by atoms with van der Waals surface area (Å²) in [6.07, 6.45) is 3.10. The quantitative estimate of drug-likeness (QED) is 0.692. The number of hydrogen-bond acceptors (Lipinski definition) is 1. The van der Waals surface area contributed by atoms with Crippen molar-refractivity contribution in [3.05, 3.63) is 33.5 Å². The van der Waals surface area contributed by atoms with Crippen LogP contribution in [0.5, 0.6) is 0 Å². The van der Waals surface area contributed by atoms with Gasteiger partial charge >= 0.3 is 0 Å². The zero-order valence-electron chi connectivity index (χ0n) is 6.51. The Balaban J connectivity index is 2.57. The first-order valence-electron chi connectivity index (χ1n) is 3.59. The van der Waals surface area contributed by atoms with Gasteiger partial charge in [-0.25, -0.2) is 0 Å². The Morgan fingerprint density at radius 2 is 2.45 bits per heavy atom. The first-order chi connectivity index (χ1) is 5.22. The smallest absolute Gasteiger partial charge is 0.0701 e. The van der Waals surface area contributed by atoms with Crippen molar-refractivity contribution in [2.24, 2.45) is 5.92 Å². The van der Waals surface area contributed by atoms with Gasteiger partial charge in [0.1, 0.15) is 0 Å². The van der Waals surface area contributed by atoms with Gasteiger partial charge in [-0.2, -0.15) is 0 Å². The molecule has 0 aliphatic heterocycles. The Morgan fingerprint density at radius 3 is 2.91 bits per heavy atom. The van der Waals surface area contributed by atoms with E-state index in [1.54, 1.807) is 11.3 Å². The molecule has 1 aromatic heterocycles. The van der Waals surface area contributed by atoms with E-state index in [1.165, 1.54) is 8.66 Å². The van der Waals surface area contributed by atoms with Gasteiger partial charge in [-0.3, -0.25) is 0 Å². The van der Waals surface area contributed by atoms with Crippen LogP contribution in [0.3, 0.4) is 0 Å². The van der Waals surface area contributed by atoms with Gasteiger partial charge in [0.2, 0.25) is 0 Å².